The Kier molecular flexibility index (Phi) is 6.74. The van der Waals surface area contributed by atoms with Crippen LogP contribution in [0.5, 0.6) is 0 Å². The van der Waals surface area contributed by atoms with Crippen LogP contribution >= 0.6 is 0 Å². The fraction of sp³-hybridized carbons (Fsp3) is 0.471. The molecular weight excluding hydrogens is 310 g/mol. The van der Waals surface area contributed by atoms with E-state index in [1.54, 1.807) is 0 Å². The number of likely N-dealkylation sites (tertiary alicyclic amines) is 1. The molecule has 1 aromatic carbocycles. The van der Waals surface area contributed by atoms with Crippen LogP contribution in [0.2, 0.25) is 0 Å². The molecule has 2 N–H and O–H groups in total. The van der Waals surface area contributed by atoms with Crippen molar-refractivity contribution in [2.24, 2.45) is 0 Å². The number of rotatable bonds is 6. The highest BCUT2D eigenvalue weighted by atomic mass is 16.5. The minimum Gasteiger partial charge on any atom is -0.460 e. The maximum atomic E-state index is 12.3. The maximum absolute atomic E-state index is 12.3. The summed E-state index contributed by atoms with van der Waals surface area (Å²) in [6.07, 6.45) is 1.78. The summed E-state index contributed by atoms with van der Waals surface area (Å²) in [7, 11) is 1.45. The molecule has 1 unspecified atom stereocenters. The van der Waals surface area contributed by atoms with Crippen molar-refractivity contribution in [2.45, 2.75) is 31.9 Å². The predicted molar refractivity (Wildman–Crippen MR) is 88.0 cm³/mol. The second kappa shape index (κ2) is 9.02. The highest BCUT2D eigenvalue weighted by Crippen LogP contribution is 2.19. The van der Waals surface area contributed by atoms with E-state index < -0.39 is 6.03 Å². The average Bonchev–Trinajstić information content (AvgIpc) is 3.07. The minimum atomic E-state index is -0.528. The highest BCUT2D eigenvalue weighted by Gasteiger charge is 2.32. The zero-order valence-corrected chi connectivity index (χ0v) is 13.8. The SMILES string of the molecule is CNC(=O)NC(=O)CCN1CCCC1C(=O)OCc1ccccc1. The Morgan fingerprint density at radius 2 is 2.00 bits per heavy atom. The zero-order valence-electron chi connectivity index (χ0n) is 13.8. The summed E-state index contributed by atoms with van der Waals surface area (Å²) in [5, 5.41) is 4.54. The van der Waals surface area contributed by atoms with Gasteiger partial charge in [-0.15, -0.1) is 0 Å². The molecule has 0 aromatic heterocycles. The lowest BCUT2D eigenvalue weighted by Crippen LogP contribution is -2.42. The number of nitrogens with one attached hydrogen (secondary N) is 2. The van der Waals surface area contributed by atoms with Gasteiger partial charge in [-0.1, -0.05) is 30.3 Å². The Hall–Kier alpha value is -2.41. The topological polar surface area (TPSA) is 87.7 Å². The van der Waals surface area contributed by atoms with Crippen LogP contribution in [-0.2, 0) is 20.9 Å². The van der Waals surface area contributed by atoms with Crippen molar-refractivity contribution in [1.29, 1.82) is 0 Å². The van der Waals surface area contributed by atoms with Gasteiger partial charge in [-0.2, -0.15) is 0 Å². The molecule has 1 fully saturated rings. The Bertz CT molecular complexity index is 576. The Morgan fingerprint density at radius 1 is 1.25 bits per heavy atom. The van der Waals surface area contributed by atoms with E-state index in [-0.39, 0.29) is 30.9 Å². The molecule has 0 saturated carbocycles. The minimum absolute atomic E-state index is 0.163. The van der Waals surface area contributed by atoms with Crippen molar-refractivity contribution in [3.8, 4) is 0 Å². The van der Waals surface area contributed by atoms with Gasteiger partial charge in [0.15, 0.2) is 0 Å². The lowest BCUT2D eigenvalue weighted by molar-refractivity contribution is -0.150. The summed E-state index contributed by atoms with van der Waals surface area (Å²) in [4.78, 5) is 36.9. The second-order valence-electron chi connectivity index (χ2n) is 5.66. The van der Waals surface area contributed by atoms with E-state index in [4.69, 9.17) is 4.74 Å². The Morgan fingerprint density at radius 3 is 2.71 bits per heavy atom. The normalized spacial score (nSPS) is 17.3. The number of nitrogens with zero attached hydrogens (tertiary/aromatic N) is 1. The monoisotopic (exact) mass is 333 g/mol. The number of amides is 3. The van der Waals surface area contributed by atoms with Crippen molar-refractivity contribution in [1.82, 2.24) is 15.5 Å². The van der Waals surface area contributed by atoms with E-state index in [1.807, 2.05) is 35.2 Å². The van der Waals surface area contributed by atoms with E-state index in [2.05, 4.69) is 10.6 Å². The fourth-order valence-corrected chi connectivity index (χ4v) is 2.68. The first-order chi connectivity index (χ1) is 11.6. The molecule has 2 rings (SSSR count). The van der Waals surface area contributed by atoms with Gasteiger partial charge in [-0.3, -0.25) is 19.8 Å². The molecule has 7 nitrogen and oxygen atoms in total. The van der Waals surface area contributed by atoms with E-state index in [0.717, 1.165) is 24.9 Å². The molecular formula is C17H23N3O4. The highest BCUT2D eigenvalue weighted by molar-refractivity contribution is 5.94. The molecule has 1 aliphatic rings. The number of benzene rings is 1. The number of hydrogen-bond acceptors (Lipinski definition) is 5. The molecule has 0 spiro atoms. The molecule has 1 atom stereocenters. The maximum Gasteiger partial charge on any atom is 0.323 e. The molecule has 1 aliphatic heterocycles. The first-order valence-electron chi connectivity index (χ1n) is 8.06. The van der Waals surface area contributed by atoms with Gasteiger partial charge in [-0.25, -0.2) is 4.79 Å². The van der Waals surface area contributed by atoms with Gasteiger partial charge in [-0.05, 0) is 24.9 Å². The molecule has 1 saturated heterocycles. The number of ether oxygens (including phenoxy) is 1. The lowest BCUT2D eigenvalue weighted by atomic mass is 10.2. The van der Waals surface area contributed by atoms with Crippen LogP contribution in [0, 0.1) is 0 Å². The molecule has 24 heavy (non-hydrogen) atoms. The number of carbonyl (C=O) groups excluding carboxylic acids is 3. The van der Waals surface area contributed by atoms with E-state index in [0.29, 0.717) is 6.54 Å². The summed E-state index contributed by atoms with van der Waals surface area (Å²) >= 11 is 0. The molecule has 1 aromatic rings. The van der Waals surface area contributed by atoms with Crippen LogP contribution in [0.15, 0.2) is 30.3 Å². The van der Waals surface area contributed by atoms with Crippen LogP contribution in [0.3, 0.4) is 0 Å². The van der Waals surface area contributed by atoms with Gasteiger partial charge in [0.25, 0.3) is 0 Å². The molecule has 0 bridgehead atoms. The fourth-order valence-electron chi connectivity index (χ4n) is 2.68. The molecule has 7 heteroatoms. The van der Waals surface area contributed by atoms with Crippen molar-refractivity contribution in [3.63, 3.8) is 0 Å². The van der Waals surface area contributed by atoms with E-state index in [9.17, 15) is 14.4 Å². The summed E-state index contributed by atoms with van der Waals surface area (Å²) in [6.45, 7) is 1.42. The summed E-state index contributed by atoms with van der Waals surface area (Å²) in [5.41, 5.74) is 0.945. The van der Waals surface area contributed by atoms with Crippen LogP contribution in [0.1, 0.15) is 24.8 Å². The third-order valence-corrected chi connectivity index (χ3v) is 3.97. The number of esters is 1. The smallest absolute Gasteiger partial charge is 0.323 e. The van der Waals surface area contributed by atoms with Gasteiger partial charge in [0.1, 0.15) is 12.6 Å². The van der Waals surface area contributed by atoms with E-state index in [1.165, 1.54) is 7.05 Å². The van der Waals surface area contributed by atoms with Gasteiger partial charge in [0.05, 0.1) is 0 Å². The summed E-state index contributed by atoms with van der Waals surface area (Å²) in [6, 6.07) is 8.67. The van der Waals surface area contributed by atoms with Crippen LogP contribution in [0.25, 0.3) is 0 Å². The van der Waals surface area contributed by atoms with Gasteiger partial charge in [0.2, 0.25) is 5.91 Å². The molecule has 0 aliphatic carbocycles. The molecule has 0 radical (unpaired) electrons. The standard InChI is InChI=1S/C17H23N3O4/c1-18-17(23)19-15(21)9-11-20-10-5-8-14(20)16(22)24-12-13-6-3-2-4-7-13/h2-4,6-7,14H,5,8-12H2,1H3,(H2,18,19,21,23). The average molecular weight is 333 g/mol. The van der Waals surface area contributed by atoms with Crippen LogP contribution < -0.4 is 10.6 Å². The quantitative estimate of drug-likeness (QED) is 0.760. The second-order valence-corrected chi connectivity index (χ2v) is 5.66. The zero-order chi connectivity index (χ0) is 17.4. The van der Waals surface area contributed by atoms with Crippen LogP contribution in [-0.4, -0.2) is 49.0 Å². The van der Waals surface area contributed by atoms with Gasteiger partial charge >= 0.3 is 12.0 Å². The van der Waals surface area contributed by atoms with Gasteiger partial charge < -0.3 is 10.1 Å². The number of urea groups is 1. The Labute approximate surface area is 141 Å². The number of hydrogen-bond donors (Lipinski definition) is 2. The predicted octanol–water partition coefficient (Wildman–Crippen LogP) is 1.04. The first kappa shape index (κ1) is 17.9. The number of imide groups is 1. The Balaban J connectivity index is 1.78. The largest absolute Gasteiger partial charge is 0.460 e. The summed E-state index contributed by atoms with van der Waals surface area (Å²) in [5.74, 6) is -0.624. The third kappa shape index (κ3) is 5.34. The van der Waals surface area contributed by atoms with Gasteiger partial charge in [0, 0.05) is 20.0 Å². The molecule has 3 amide bonds. The van der Waals surface area contributed by atoms with E-state index >= 15 is 0 Å². The molecule has 130 valence electrons. The van der Waals surface area contributed by atoms with Crippen molar-refractivity contribution >= 4 is 17.9 Å². The third-order valence-electron chi connectivity index (χ3n) is 3.97. The molecule has 1 heterocycles. The van der Waals surface area contributed by atoms with Crippen molar-refractivity contribution < 1.29 is 19.1 Å². The lowest BCUT2D eigenvalue weighted by Gasteiger charge is -2.22. The first-order valence-corrected chi connectivity index (χ1v) is 8.06. The summed E-state index contributed by atoms with van der Waals surface area (Å²) < 4.78 is 5.39. The van der Waals surface area contributed by atoms with Crippen molar-refractivity contribution in [2.75, 3.05) is 20.1 Å². The van der Waals surface area contributed by atoms with Crippen LogP contribution in [0.4, 0.5) is 4.79 Å². The van der Waals surface area contributed by atoms with Crippen molar-refractivity contribution in [3.05, 3.63) is 35.9 Å². The number of carbonyl (C=O) groups is 3.